The Bertz CT molecular complexity index is 238. The van der Waals surface area contributed by atoms with Gasteiger partial charge in [0.2, 0.25) is 0 Å². The predicted molar refractivity (Wildman–Crippen MR) is 67.5 cm³/mol. The van der Waals surface area contributed by atoms with Gasteiger partial charge in [0.15, 0.2) is 14.1 Å². The van der Waals surface area contributed by atoms with Gasteiger partial charge in [-0.2, -0.15) is 0 Å². The van der Waals surface area contributed by atoms with E-state index in [0.717, 1.165) is 0 Å². The maximum Gasteiger partial charge on any atom is 0.192 e. The average molecular weight is 228 g/mol. The normalized spacial score (nSPS) is 14.8. The highest BCUT2D eigenvalue weighted by Gasteiger charge is 2.37. The lowest BCUT2D eigenvalue weighted by atomic mass is 10.1. The minimum atomic E-state index is -1.71. The number of carbonyl (C=O) groups is 1. The molecule has 0 spiro atoms. The van der Waals surface area contributed by atoms with E-state index in [1.807, 2.05) is 6.92 Å². The van der Waals surface area contributed by atoms with Gasteiger partial charge < -0.3 is 4.43 Å². The van der Waals surface area contributed by atoms with Gasteiger partial charge in [-0.15, -0.1) is 0 Å². The standard InChI is InChI=1S/C12H24O2Si/c1-8-11(13)10(2)9-14-15(6,7)12(3,4)5/h8,10H,1,9H2,2-7H3/t10-/m1/s1. The fourth-order valence-corrected chi connectivity index (χ4v) is 1.93. The monoisotopic (exact) mass is 228 g/mol. The Balaban J connectivity index is 4.27. The molecule has 0 aliphatic heterocycles. The van der Waals surface area contributed by atoms with Gasteiger partial charge in [-0.1, -0.05) is 34.3 Å². The van der Waals surface area contributed by atoms with Crippen LogP contribution < -0.4 is 0 Å². The number of hydrogen-bond acceptors (Lipinski definition) is 2. The third-order valence-electron chi connectivity index (χ3n) is 3.19. The fourth-order valence-electron chi connectivity index (χ4n) is 0.833. The summed E-state index contributed by atoms with van der Waals surface area (Å²) in [5.74, 6) is -0.00895. The summed E-state index contributed by atoms with van der Waals surface area (Å²) in [7, 11) is -1.71. The van der Waals surface area contributed by atoms with Gasteiger partial charge in [0, 0.05) is 12.5 Å². The highest BCUT2D eigenvalue weighted by Crippen LogP contribution is 2.36. The maximum atomic E-state index is 11.3. The first kappa shape index (κ1) is 14.6. The second kappa shape index (κ2) is 5.08. The molecule has 0 N–H and O–H groups in total. The second-order valence-electron chi connectivity index (χ2n) is 5.58. The first-order valence-corrected chi connectivity index (χ1v) is 8.33. The van der Waals surface area contributed by atoms with Gasteiger partial charge in [0.25, 0.3) is 0 Å². The van der Waals surface area contributed by atoms with Gasteiger partial charge in [-0.25, -0.2) is 0 Å². The van der Waals surface area contributed by atoms with E-state index in [-0.39, 0.29) is 16.7 Å². The fraction of sp³-hybridized carbons (Fsp3) is 0.750. The highest BCUT2D eigenvalue weighted by molar-refractivity contribution is 6.74. The molecule has 3 heteroatoms. The van der Waals surface area contributed by atoms with E-state index in [0.29, 0.717) is 6.61 Å². The van der Waals surface area contributed by atoms with Crippen molar-refractivity contribution in [3.8, 4) is 0 Å². The Hall–Kier alpha value is -0.413. The molecule has 0 amide bonds. The zero-order chi connectivity index (χ0) is 12.3. The van der Waals surface area contributed by atoms with Crippen LogP contribution in [0.1, 0.15) is 27.7 Å². The molecule has 88 valence electrons. The minimum Gasteiger partial charge on any atom is -0.416 e. The first-order chi connectivity index (χ1) is 6.62. The summed E-state index contributed by atoms with van der Waals surface area (Å²) in [5, 5.41) is 0.198. The molecule has 0 aromatic rings. The maximum absolute atomic E-state index is 11.3. The van der Waals surface area contributed by atoms with Crippen LogP contribution in [-0.2, 0) is 9.22 Å². The summed E-state index contributed by atoms with van der Waals surface area (Å²) in [6.07, 6.45) is 1.37. The van der Waals surface area contributed by atoms with Gasteiger partial charge in [0.05, 0.1) is 0 Å². The van der Waals surface area contributed by atoms with Gasteiger partial charge in [0.1, 0.15) is 0 Å². The molecule has 0 saturated carbocycles. The molecular weight excluding hydrogens is 204 g/mol. The van der Waals surface area contributed by atoms with Crippen molar-refractivity contribution in [3.63, 3.8) is 0 Å². The molecule has 0 rings (SSSR count). The molecule has 0 heterocycles. The van der Waals surface area contributed by atoms with Crippen molar-refractivity contribution in [1.29, 1.82) is 0 Å². The quantitative estimate of drug-likeness (QED) is 0.532. The van der Waals surface area contributed by atoms with Crippen LogP contribution in [-0.4, -0.2) is 20.7 Å². The molecule has 0 bridgehead atoms. The predicted octanol–water partition coefficient (Wildman–Crippen LogP) is 3.40. The van der Waals surface area contributed by atoms with Crippen LogP contribution in [0.15, 0.2) is 12.7 Å². The third-order valence-corrected chi connectivity index (χ3v) is 7.69. The summed E-state index contributed by atoms with van der Waals surface area (Å²) < 4.78 is 5.95. The molecule has 0 aliphatic carbocycles. The van der Waals surface area contributed by atoms with Crippen LogP contribution in [0.3, 0.4) is 0 Å². The Morgan fingerprint density at radius 2 is 1.93 bits per heavy atom. The molecule has 2 nitrogen and oxygen atoms in total. The van der Waals surface area contributed by atoms with Crippen LogP contribution in [0.25, 0.3) is 0 Å². The summed E-state index contributed by atoms with van der Waals surface area (Å²) in [4.78, 5) is 11.3. The first-order valence-electron chi connectivity index (χ1n) is 5.42. The van der Waals surface area contributed by atoms with Crippen molar-refractivity contribution in [3.05, 3.63) is 12.7 Å². The lowest BCUT2D eigenvalue weighted by Gasteiger charge is -2.36. The van der Waals surface area contributed by atoms with Crippen molar-refractivity contribution in [2.45, 2.75) is 45.8 Å². The van der Waals surface area contributed by atoms with E-state index in [4.69, 9.17) is 4.43 Å². The molecule has 0 unspecified atom stereocenters. The van der Waals surface area contributed by atoms with Gasteiger partial charge in [-0.05, 0) is 24.2 Å². The van der Waals surface area contributed by atoms with Crippen molar-refractivity contribution in [1.82, 2.24) is 0 Å². The third kappa shape index (κ3) is 4.30. The van der Waals surface area contributed by atoms with Crippen molar-refractivity contribution in [2.24, 2.45) is 5.92 Å². The summed E-state index contributed by atoms with van der Waals surface area (Å²) in [6, 6.07) is 0. The smallest absolute Gasteiger partial charge is 0.192 e. The Labute approximate surface area is 94.8 Å². The summed E-state index contributed by atoms with van der Waals surface area (Å²) in [5.41, 5.74) is 0. The number of rotatable bonds is 5. The van der Waals surface area contributed by atoms with E-state index >= 15 is 0 Å². The second-order valence-corrected chi connectivity index (χ2v) is 10.4. The van der Waals surface area contributed by atoms with Crippen LogP contribution >= 0.6 is 0 Å². The molecule has 15 heavy (non-hydrogen) atoms. The van der Waals surface area contributed by atoms with Crippen LogP contribution in [0.5, 0.6) is 0 Å². The molecule has 0 radical (unpaired) electrons. The number of carbonyl (C=O) groups excluding carboxylic acids is 1. The van der Waals surface area contributed by atoms with Crippen molar-refractivity contribution < 1.29 is 9.22 Å². The SMILES string of the molecule is C=CC(=O)[C@H](C)CO[Si](C)(C)C(C)(C)C. The molecule has 0 aliphatic rings. The highest BCUT2D eigenvalue weighted by atomic mass is 28.4. The Morgan fingerprint density at radius 3 is 2.27 bits per heavy atom. The molecular formula is C12H24O2Si. The Kier molecular flexibility index (Phi) is 4.94. The van der Waals surface area contributed by atoms with Crippen molar-refractivity contribution >= 4 is 14.1 Å². The van der Waals surface area contributed by atoms with E-state index in [9.17, 15) is 4.79 Å². The molecule has 0 aromatic carbocycles. The molecule has 0 fully saturated rings. The summed E-state index contributed by atoms with van der Waals surface area (Å²) in [6.45, 7) is 16.8. The largest absolute Gasteiger partial charge is 0.416 e. The van der Waals surface area contributed by atoms with E-state index in [1.165, 1.54) is 6.08 Å². The molecule has 0 aromatic heterocycles. The van der Waals surface area contributed by atoms with Crippen LogP contribution in [0.2, 0.25) is 18.1 Å². The van der Waals surface area contributed by atoms with Crippen LogP contribution in [0, 0.1) is 5.92 Å². The van der Waals surface area contributed by atoms with E-state index < -0.39 is 8.32 Å². The van der Waals surface area contributed by atoms with Gasteiger partial charge >= 0.3 is 0 Å². The molecule has 0 saturated heterocycles. The average Bonchev–Trinajstić information content (AvgIpc) is 2.11. The zero-order valence-electron chi connectivity index (χ0n) is 10.9. The van der Waals surface area contributed by atoms with Crippen LogP contribution in [0.4, 0.5) is 0 Å². The number of ketones is 1. The van der Waals surface area contributed by atoms with Gasteiger partial charge in [-0.3, -0.25) is 4.79 Å². The van der Waals surface area contributed by atoms with E-state index in [1.54, 1.807) is 0 Å². The molecule has 1 atom stereocenters. The summed E-state index contributed by atoms with van der Waals surface area (Å²) >= 11 is 0. The number of hydrogen-bond donors (Lipinski definition) is 0. The lowest BCUT2D eigenvalue weighted by Crippen LogP contribution is -2.42. The Morgan fingerprint density at radius 1 is 1.47 bits per heavy atom. The van der Waals surface area contributed by atoms with E-state index in [2.05, 4.69) is 40.4 Å². The zero-order valence-corrected chi connectivity index (χ0v) is 11.9. The number of allylic oxidation sites excluding steroid dienone is 1. The topological polar surface area (TPSA) is 26.3 Å². The lowest BCUT2D eigenvalue weighted by molar-refractivity contribution is -0.118. The van der Waals surface area contributed by atoms with Crippen molar-refractivity contribution in [2.75, 3.05) is 6.61 Å². The minimum absolute atomic E-state index is 0.0636.